The van der Waals surface area contributed by atoms with E-state index in [9.17, 15) is 4.79 Å². The Kier molecular flexibility index (Phi) is 4.99. The first-order chi connectivity index (χ1) is 12.1. The van der Waals surface area contributed by atoms with Gasteiger partial charge in [0.2, 0.25) is 5.95 Å². The molecule has 25 heavy (non-hydrogen) atoms. The van der Waals surface area contributed by atoms with Gasteiger partial charge in [-0.1, -0.05) is 23.8 Å². The molecule has 0 aliphatic heterocycles. The Morgan fingerprint density at radius 3 is 2.60 bits per heavy atom. The summed E-state index contributed by atoms with van der Waals surface area (Å²) in [4.78, 5) is 25.1. The molecule has 0 saturated heterocycles. The third-order valence-electron chi connectivity index (χ3n) is 3.57. The summed E-state index contributed by atoms with van der Waals surface area (Å²) in [7, 11) is 0. The molecule has 3 rings (SSSR count). The van der Waals surface area contributed by atoms with Gasteiger partial charge >= 0.3 is 0 Å². The first kappa shape index (κ1) is 16.6. The molecule has 0 unspecified atom stereocenters. The van der Waals surface area contributed by atoms with Crippen molar-refractivity contribution in [2.24, 2.45) is 0 Å². The smallest absolute Gasteiger partial charge is 0.270 e. The third kappa shape index (κ3) is 4.60. The average molecular weight is 333 g/mol. The largest absolute Gasteiger partial charge is 0.347 e. The first-order valence-corrected chi connectivity index (χ1v) is 7.96. The number of amides is 1. The highest BCUT2D eigenvalue weighted by Crippen LogP contribution is 2.14. The molecule has 1 amide bonds. The van der Waals surface area contributed by atoms with Gasteiger partial charge in [-0.2, -0.15) is 0 Å². The van der Waals surface area contributed by atoms with Gasteiger partial charge in [0.05, 0.1) is 0 Å². The molecule has 0 spiro atoms. The highest BCUT2D eigenvalue weighted by Gasteiger charge is 2.10. The van der Waals surface area contributed by atoms with Gasteiger partial charge in [-0.3, -0.25) is 9.78 Å². The van der Waals surface area contributed by atoms with Crippen LogP contribution < -0.4 is 10.6 Å². The van der Waals surface area contributed by atoms with Crippen molar-refractivity contribution >= 4 is 17.5 Å². The Bertz CT molecular complexity index is 863. The number of nitrogens with one attached hydrogen (secondary N) is 2. The SMILES string of the molecule is Cc1ccc(Nc2nc(C)cc(C(=O)NCc3cccnc3)n2)cc1. The zero-order valence-corrected chi connectivity index (χ0v) is 14.2. The van der Waals surface area contributed by atoms with E-state index in [-0.39, 0.29) is 5.91 Å². The van der Waals surface area contributed by atoms with Crippen LogP contribution in [0.1, 0.15) is 27.3 Å². The number of rotatable bonds is 5. The fraction of sp³-hybridized carbons (Fsp3) is 0.158. The Morgan fingerprint density at radius 2 is 1.88 bits per heavy atom. The van der Waals surface area contributed by atoms with Gasteiger partial charge in [0.1, 0.15) is 5.69 Å². The number of hydrogen-bond donors (Lipinski definition) is 2. The maximum Gasteiger partial charge on any atom is 0.270 e. The highest BCUT2D eigenvalue weighted by molar-refractivity contribution is 5.92. The summed E-state index contributed by atoms with van der Waals surface area (Å²) in [6, 6.07) is 13.3. The van der Waals surface area contributed by atoms with Crippen molar-refractivity contribution in [2.75, 3.05) is 5.32 Å². The lowest BCUT2D eigenvalue weighted by molar-refractivity contribution is 0.0945. The quantitative estimate of drug-likeness (QED) is 0.750. The van der Waals surface area contributed by atoms with Crippen LogP contribution >= 0.6 is 0 Å². The Balaban J connectivity index is 1.72. The van der Waals surface area contributed by atoms with Crippen molar-refractivity contribution in [2.45, 2.75) is 20.4 Å². The van der Waals surface area contributed by atoms with Gasteiger partial charge in [0.25, 0.3) is 5.91 Å². The summed E-state index contributed by atoms with van der Waals surface area (Å²) in [5.74, 6) is 0.150. The number of carbonyl (C=O) groups excluding carboxylic acids is 1. The molecular formula is C19H19N5O. The minimum Gasteiger partial charge on any atom is -0.347 e. The van der Waals surface area contributed by atoms with E-state index in [1.165, 1.54) is 5.56 Å². The minimum absolute atomic E-state index is 0.249. The average Bonchev–Trinajstić information content (AvgIpc) is 2.62. The van der Waals surface area contributed by atoms with E-state index in [0.29, 0.717) is 18.2 Å². The molecule has 2 N–H and O–H groups in total. The summed E-state index contributed by atoms with van der Waals surface area (Å²) in [5.41, 5.74) is 4.02. The monoisotopic (exact) mass is 333 g/mol. The molecule has 6 heteroatoms. The molecule has 0 saturated carbocycles. The lowest BCUT2D eigenvalue weighted by Gasteiger charge is -2.09. The molecule has 0 radical (unpaired) electrons. The molecule has 1 aromatic carbocycles. The second-order valence-electron chi connectivity index (χ2n) is 5.75. The van der Waals surface area contributed by atoms with Crippen LogP contribution in [0.15, 0.2) is 54.9 Å². The maximum absolute atomic E-state index is 12.4. The fourth-order valence-electron chi connectivity index (χ4n) is 2.28. The number of benzene rings is 1. The van der Waals surface area contributed by atoms with Crippen molar-refractivity contribution in [1.29, 1.82) is 0 Å². The standard InChI is InChI=1S/C19H19N5O/c1-13-5-7-16(8-6-13)23-19-22-14(2)10-17(24-19)18(25)21-12-15-4-3-9-20-11-15/h3-11H,12H2,1-2H3,(H,21,25)(H,22,23,24). The van der Waals surface area contributed by atoms with Gasteiger partial charge in [-0.05, 0) is 43.7 Å². The number of carbonyl (C=O) groups is 1. The van der Waals surface area contributed by atoms with Crippen LogP contribution in [-0.4, -0.2) is 20.9 Å². The van der Waals surface area contributed by atoms with E-state index in [2.05, 4.69) is 25.6 Å². The van der Waals surface area contributed by atoms with Crippen LogP contribution in [0.25, 0.3) is 0 Å². The summed E-state index contributed by atoms with van der Waals surface area (Å²) in [5, 5.41) is 5.97. The zero-order valence-electron chi connectivity index (χ0n) is 14.2. The molecule has 126 valence electrons. The molecule has 0 aliphatic carbocycles. The topological polar surface area (TPSA) is 79.8 Å². The van der Waals surface area contributed by atoms with Crippen molar-refractivity contribution in [1.82, 2.24) is 20.3 Å². The Labute approximate surface area is 146 Å². The molecule has 6 nitrogen and oxygen atoms in total. The van der Waals surface area contributed by atoms with Gasteiger partial charge in [0.15, 0.2) is 0 Å². The zero-order chi connectivity index (χ0) is 17.6. The van der Waals surface area contributed by atoms with Crippen LogP contribution in [0.5, 0.6) is 0 Å². The summed E-state index contributed by atoms with van der Waals surface area (Å²) >= 11 is 0. The second-order valence-corrected chi connectivity index (χ2v) is 5.75. The third-order valence-corrected chi connectivity index (χ3v) is 3.57. The van der Waals surface area contributed by atoms with Crippen LogP contribution in [0.4, 0.5) is 11.6 Å². The number of pyridine rings is 1. The molecule has 0 bridgehead atoms. The van der Waals surface area contributed by atoms with Crippen molar-refractivity contribution in [3.63, 3.8) is 0 Å². The minimum atomic E-state index is -0.249. The van der Waals surface area contributed by atoms with Crippen LogP contribution in [0.3, 0.4) is 0 Å². The molecule has 0 atom stereocenters. The molecular weight excluding hydrogens is 314 g/mol. The number of hydrogen-bond acceptors (Lipinski definition) is 5. The summed E-state index contributed by atoms with van der Waals surface area (Å²) < 4.78 is 0. The number of anilines is 2. The lowest BCUT2D eigenvalue weighted by atomic mass is 10.2. The van der Waals surface area contributed by atoms with Crippen molar-refractivity contribution in [3.8, 4) is 0 Å². The lowest BCUT2D eigenvalue weighted by Crippen LogP contribution is -2.24. The van der Waals surface area contributed by atoms with Gasteiger partial charge in [-0.25, -0.2) is 9.97 Å². The van der Waals surface area contributed by atoms with E-state index in [1.807, 2.05) is 50.2 Å². The molecule has 3 aromatic rings. The van der Waals surface area contributed by atoms with E-state index >= 15 is 0 Å². The fourth-order valence-corrected chi connectivity index (χ4v) is 2.28. The van der Waals surface area contributed by atoms with Crippen LogP contribution in [0, 0.1) is 13.8 Å². The van der Waals surface area contributed by atoms with Gasteiger partial charge < -0.3 is 10.6 Å². The van der Waals surface area contributed by atoms with Crippen molar-refractivity contribution < 1.29 is 4.79 Å². The molecule has 2 heterocycles. The predicted octanol–water partition coefficient (Wildman–Crippen LogP) is 3.16. The molecule has 0 aliphatic rings. The van der Waals surface area contributed by atoms with Crippen LogP contribution in [-0.2, 0) is 6.54 Å². The van der Waals surface area contributed by atoms with E-state index in [0.717, 1.165) is 16.9 Å². The normalized spacial score (nSPS) is 10.3. The summed E-state index contributed by atoms with van der Waals surface area (Å²) in [6.07, 6.45) is 3.41. The second kappa shape index (κ2) is 7.53. The van der Waals surface area contributed by atoms with Crippen LogP contribution in [0.2, 0.25) is 0 Å². The molecule has 0 fully saturated rings. The number of aryl methyl sites for hydroxylation is 2. The van der Waals surface area contributed by atoms with Gasteiger partial charge in [-0.15, -0.1) is 0 Å². The van der Waals surface area contributed by atoms with E-state index in [4.69, 9.17) is 0 Å². The maximum atomic E-state index is 12.4. The van der Waals surface area contributed by atoms with Crippen molar-refractivity contribution in [3.05, 3.63) is 77.4 Å². The Hall–Kier alpha value is -3.28. The number of nitrogens with zero attached hydrogens (tertiary/aromatic N) is 3. The highest BCUT2D eigenvalue weighted by atomic mass is 16.1. The predicted molar refractivity (Wildman–Crippen MR) is 96.6 cm³/mol. The molecule has 2 aromatic heterocycles. The number of aromatic nitrogens is 3. The van der Waals surface area contributed by atoms with E-state index < -0.39 is 0 Å². The first-order valence-electron chi connectivity index (χ1n) is 7.96. The van der Waals surface area contributed by atoms with Gasteiger partial charge in [0, 0.05) is 30.3 Å². The van der Waals surface area contributed by atoms with E-state index in [1.54, 1.807) is 18.5 Å². The summed E-state index contributed by atoms with van der Waals surface area (Å²) in [6.45, 7) is 4.26. The Morgan fingerprint density at radius 1 is 1.08 bits per heavy atom.